The maximum Gasteiger partial charge on any atom is 0.333 e. The molecule has 3 nitrogen and oxygen atoms in total. The molecule has 0 saturated heterocycles. The van der Waals surface area contributed by atoms with Crippen molar-refractivity contribution in [2.45, 2.75) is 12.5 Å². The lowest BCUT2D eigenvalue weighted by molar-refractivity contribution is -0.142. The van der Waals surface area contributed by atoms with Crippen LogP contribution in [0, 0.1) is 5.82 Å². The molecule has 0 spiro atoms. The molecule has 1 unspecified atom stereocenters. The number of halogens is 2. The zero-order valence-corrected chi connectivity index (χ0v) is 12.3. The monoisotopic (exact) mass is 337 g/mol. The van der Waals surface area contributed by atoms with Crippen molar-refractivity contribution >= 4 is 27.6 Å². The third-order valence-electron chi connectivity index (χ3n) is 3.11. The third kappa shape index (κ3) is 2.82. The molecule has 0 bridgehead atoms. The molecule has 0 aromatic heterocycles. The molecule has 0 aliphatic rings. The lowest BCUT2D eigenvalue weighted by atomic mass is 9.91. The van der Waals surface area contributed by atoms with Crippen LogP contribution in [-0.4, -0.2) is 11.1 Å². The summed E-state index contributed by atoms with van der Waals surface area (Å²) in [7, 11) is 0. The highest BCUT2D eigenvalue weighted by Crippen LogP contribution is 2.30. The summed E-state index contributed by atoms with van der Waals surface area (Å²) in [5, 5.41) is 12.5. The normalized spacial score (nSPS) is 13.6. The SMILES string of the molecule is CC(Nc1ccccc1Br)(C(=O)O)c1ccc(F)cc1. The van der Waals surface area contributed by atoms with E-state index in [0.29, 0.717) is 11.3 Å². The molecule has 1 atom stereocenters. The minimum Gasteiger partial charge on any atom is -0.479 e. The van der Waals surface area contributed by atoms with Gasteiger partial charge in [-0.15, -0.1) is 0 Å². The van der Waals surface area contributed by atoms with Gasteiger partial charge in [0, 0.05) is 10.2 Å². The molecule has 2 aromatic carbocycles. The van der Waals surface area contributed by atoms with Crippen LogP contribution < -0.4 is 5.32 Å². The van der Waals surface area contributed by atoms with Crippen molar-refractivity contribution in [2.24, 2.45) is 0 Å². The molecule has 0 saturated carbocycles. The molecule has 20 heavy (non-hydrogen) atoms. The van der Waals surface area contributed by atoms with Crippen LogP contribution in [0.4, 0.5) is 10.1 Å². The van der Waals surface area contributed by atoms with Gasteiger partial charge in [-0.3, -0.25) is 0 Å². The third-order valence-corrected chi connectivity index (χ3v) is 3.80. The number of carbonyl (C=O) groups is 1. The summed E-state index contributed by atoms with van der Waals surface area (Å²) in [5.74, 6) is -1.44. The highest BCUT2D eigenvalue weighted by Gasteiger charge is 2.35. The molecule has 2 N–H and O–H groups in total. The van der Waals surface area contributed by atoms with Crippen LogP contribution in [0.3, 0.4) is 0 Å². The summed E-state index contributed by atoms with van der Waals surface area (Å²) < 4.78 is 13.8. The highest BCUT2D eigenvalue weighted by molar-refractivity contribution is 9.10. The van der Waals surface area contributed by atoms with Crippen LogP contribution in [0.15, 0.2) is 53.0 Å². The van der Waals surface area contributed by atoms with Crippen molar-refractivity contribution in [2.75, 3.05) is 5.32 Å². The molecule has 0 fully saturated rings. The lowest BCUT2D eigenvalue weighted by Gasteiger charge is -2.28. The van der Waals surface area contributed by atoms with Gasteiger partial charge in [0.2, 0.25) is 0 Å². The van der Waals surface area contributed by atoms with E-state index in [0.717, 1.165) is 4.47 Å². The number of carboxylic acids is 1. The molecule has 0 aliphatic carbocycles. The number of benzene rings is 2. The van der Waals surface area contributed by atoms with Crippen molar-refractivity contribution in [1.82, 2.24) is 0 Å². The first-order valence-electron chi connectivity index (χ1n) is 5.95. The number of para-hydroxylation sites is 1. The summed E-state index contributed by atoms with van der Waals surface area (Å²) in [4.78, 5) is 11.7. The Balaban J connectivity index is 2.43. The van der Waals surface area contributed by atoms with E-state index >= 15 is 0 Å². The Hall–Kier alpha value is -1.88. The predicted molar refractivity (Wildman–Crippen MR) is 79.2 cm³/mol. The van der Waals surface area contributed by atoms with E-state index in [2.05, 4.69) is 21.2 Å². The first-order valence-corrected chi connectivity index (χ1v) is 6.75. The molecule has 0 aliphatic heterocycles. The fraction of sp³-hybridized carbons (Fsp3) is 0.133. The van der Waals surface area contributed by atoms with Gasteiger partial charge in [0.15, 0.2) is 5.54 Å². The second-order valence-electron chi connectivity index (χ2n) is 4.54. The van der Waals surface area contributed by atoms with Gasteiger partial charge >= 0.3 is 5.97 Å². The van der Waals surface area contributed by atoms with Gasteiger partial charge < -0.3 is 10.4 Å². The van der Waals surface area contributed by atoms with E-state index in [4.69, 9.17) is 0 Å². The van der Waals surface area contributed by atoms with E-state index in [1.165, 1.54) is 24.3 Å². The van der Waals surface area contributed by atoms with E-state index < -0.39 is 17.3 Å². The summed E-state index contributed by atoms with van der Waals surface area (Å²) in [6.45, 7) is 1.54. The maximum absolute atomic E-state index is 13.0. The zero-order chi connectivity index (χ0) is 14.8. The van der Waals surface area contributed by atoms with Crippen molar-refractivity contribution in [3.63, 3.8) is 0 Å². The van der Waals surface area contributed by atoms with E-state index in [1.54, 1.807) is 19.1 Å². The Kier molecular flexibility index (Phi) is 4.09. The topological polar surface area (TPSA) is 49.3 Å². The highest BCUT2D eigenvalue weighted by atomic mass is 79.9. The van der Waals surface area contributed by atoms with Crippen molar-refractivity contribution < 1.29 is 14.3 Å². The van der Waals surface area contributed by atoms with Gasteiger partial charge in [-0.1, -0.05) is 24.3 Å². The maximum atomic E-state index is 13.0. The smallest absolute Gasteiger partial charge is 0.333 e. The average molecular weight is 338 g/mol. The second kappa shape index (κ2) is 5.63. The number of carboxylic acid groups (broad SMARTS) is 1. The molecule has 0 heterocycles. The quantitative estimate of drug-likeness (QED) is 0.886. The Bertz CT molecular complexity index is 630. The Morgan fingerprint density at radius 3 is 2.35 bits per heavy atom. The van der Waals surface area contributed by atoms with Crippen LogP contribution in [0.2, 0.25) is 0 Å². The number of hydrogen-bond donors (Lipinski definition) is 2. The van der Waals surface area contributed by atoms with Crippen LogP contribution in [-0.2, 0) is 10.3 Å². The van der Waals surface area contributed by atoms with Gasteiger partial charge in [0.25, 0.3) is 0 Å². The largest absolute Gasteiger partial charge is 0.479 e. The first kappa shape index (κ1) is 14.5. The van der Waals surface area contributed by atoms with Gasteiger partial charge in [0.1, 0.15) is 5.82 Å². The number of nitrogens with one attached hydrogen (secondary N) is 1. The predicted octanol–water partition coefficient (Wildman–Crippen LogP) is 4.00. The molecule has 104 valence electrons. The summed E-state index contributed by atoms with van der Waals surface area (Å²) >= 11 is 3.37. The van der Waals surface area contributed by atoms with Crippen molar-refractivity contribution in [3.8, 4) is 0 Å². The lowest BCUT2D eigenvalue weighted by Crippen LogP contribution is -2.40. The van der Waals surface area contributed by atoms with Gasteiger partial charge in [-0.25, -0.2) is 9.18 Å². The van der Waals surface area contributed by atoms with Crippen LogP contribution in [0.1, 0.15) is 12.5 Å². The summed E-state index contributed by atoms with van der Waals surface area (Å²) in [6, 6.07) is 12.7. The summed E-state index contributed by atoms with van der Waals surface area (Å²) in [6.07, 6.45) is 0. The van der Waals surface area contributed by atoms with Crippen molar-refractivity contribution in [1.29, 1.82) is 0 Å². The van der Waals surface area contributed by atoms with E-state index in [1.807, 2.05) is 12.1 Å². The molecule has 2 aromatic rings. The first-order chi connectivity index (χ1) is 9.43. The molecular weight excluding hydrogens is 325 g/mol. The zero-order valence-electron chi connectivity index (χ0n) is 10.7. The van der Waals surface area contributed by atoms with Crippen LogP contribution in [0.25, 0.3) is 0 Å². The van der Waals surface area contributed by atoms with Gasteiger partial charge in [-0.2, -0.15) is 0 Å². The van der Waals surface area contributed by atoms with Gasteiger partial charge in [0.05, 0.1) is 0 Å². The minimum atomic E-state index is -1.35. The van der Waals surface area contributed by atoms with E-state index in [-0.39, 0.29) is 0 Å². The van der Waals surface area contributed by atoms with Crippen LogP contribution in [0.5, 0.6) is 0 Å². The molecular formula is C15H13BrFNO2. The molecule has 5 heteroatoms. The fourth-order valence-electron chi connectivity index (χ4n) is 1.86. The van der Waals surface area contributed by atoms with Crippen LogP contribution >= 0.6 is 15.9 Å². The van der Waals surface area contributed by atoms with E-state index in [9.17, 15) is 14.3 Å². The number of anilines is 1. The number of hydrogen-bond acceptors (Lipinski definition) is 2. The second-order valence-corrected chi connectivity index (χ2v) is 5.40. The summed E-state index contributed by atoms with van der Waals surface area (Å²) in [5.41, 5.74) is -0.221. The number of aliphatic carboxylic acids is 1. The molecule has 2 rings (SSSR count). The Labute approximate surface area is 124 Å². The number of rotatable bonds is 4. The molecule has 0 amide bonds. The molecule has 0 radical (unpaired) electrons. The fourth-order valence-corrected chi connectivity index (χ4v) is 2.25. The minimum absolute atomic E-state index is 0.401. The average Bonchev–Trinajstić information content (AvgIpc) is 2.42. The van der Waals surface area contributed by atoms with Crippen molar-refractivity contribution in [3.05, 3.63) is 64.4 Å². The van der Waals surface area contributed by atoms with Gasteiger partial charge in [-0.05, 0) is 52.7 Å². The Morgan fingerprint density at radius 2 is 1.80 bits per heavy atom. The standard InChI is InChI=1S/C15H13BrFNO2/c1-15(14(19)20,10-6-8-11(17)9-7-10)18-13-5-3-2-4-12(13)16/h2-9,18H,1H3,(H,19,20). The Morgan fingerprint density at radius 1 is 1.20 bits per heavy atom.